The molecule has 1 aromatic heterocycles. The maximum absolute atomic E-state index is 13.4. The van der Waals surface area contributed by atoms with Crippen LogP contribution >= 0.6 is 15.9 Å². The fraction of sp³-hybridized carbons (Fsp3) is 0.276. The standard InChI is InChI=1S/C29H26BrN3O4/c30-23-14-19(10-12-25(23)35-17-20-11-13-26-27(15-20)37-18-36-26)16-31-33-28(21-6-2-1-3-7-21)32-24-9-5-4-8-22(24)29(33)34/h4-5,8-16,21H,1-3,6-7,17-18H2. The van der Waals surface area contributed by atoms with Crippen molar-refractivity contribution < 1.29 is 14.2 Å². The summed E-state index contributed by atoms with van der Waals surface area (Å²) in [5, 5.41) is 5.20. The number of hydrogen-bond acceptors (Lipinski definition) is 6. The Labute approximate surface area is 222 Å². The number of benzene rings is 3. The van der Waals surface area contributed by atoms with Crippen molar-refractivity contribution in [3.63, 3.8) is 0 Å². The lowest BCUT2D eigenvalue weighted by Gasteiger charge is -2.22. The van der Waals surface area contributed by atoms with Crippen molar-refractivity contribution in [3.8, 4) is 17.2 Å². The summed E-state index contributed by atoms with van der Waals surface area (Å²) < 4.78 is 19.1. The molecule has 0 bridgehead atoms. The zero-order valence-electron chi connectivity index (χ0n) is 20.2. The van der Waals surface area contributed by atoms with Gasteiger partial charge in [-0.05, 0) is 82.4 Å². The van der Waals surface area contributed by atoms with Crippen LogP contribution in [0.1, 0.15) is 55.0 Å². The number of halogens is 1. The van der Waals surface area contributed by atoms with Gasteiger partial charge in [0, 0.05) is 5.92 Å². The summed E-state index contributed by atoms with van der Waals surface area (Å²) in [6, 6.07) is 19.0. The van der Waals surface area contributed by atoms with E-state index in [-0.39, 0.29) is 18.3 Å². The first kappa shape index (κ1) is 23.7. The minimum absolute atomic E-state index is 0.134. The molecule has 0 atom stereocenters. The topological polar surface area (TPSA) is 74.9 Å². The largest absolute Gasteiger partial charge is 0.488 e. The van der Waals surface area contributed by atoms with E-state index in [1.54, 1.807) is 6.21 Å². The summed E-state index contributed by atoms with van der Waals surface area (Å²) in [5.41, 5.74) is 2.42. The summed E-state index contributed by atoms with van der Waals surface area (Å²) in [6.07, 6.45) is 7.29. The van der Waals surface area contributed by atoms with Gasteiger partial charge in [-0.15, -0.1) is 0 Å². The predicted molar refractivity (Wildman–Crippen MR) is 146 cm³/mol. The first-order valence-electron chi connectivity index (χ1n) is 12.5. The average molecular weight is 560 g/mol. The maximum atomic E-state index is 13.4. The van der Waals surface area contributed by atoms with Crippen LogP contribution in [0.15, 0.2) is 75.0 Å². The molecule has 6 rings (SSSR count). The highest BCUT2D eigenvalue weighted by atomic mass is 79.9. The van der Waals surface area contributed by atoms with E-state index in [2.05, 4.69) is 21.0 Å². The zero-order valence-corrected chi connectivity index (χ0v) is 21.8. The summed E-state index contributed by atoms with van der Waals surface area (Å²) in [7, 11) is 0. The molecule has 0 unspecified atom stereocenters. The Bertz CT molecular complexity index is 1540. The number of fused-ring (bicyclic) bond motifs is 2. The molecular weight excluding hydrogens is 534 g/mol. The highest BCUT2D eigenvalue weighted by molar-refractivity contribution is 9.10. The number of hydrogen-bond donors (Lipinski definition) is 0. The van der Waals surface area contributed by atoms with E-state index in [1.165, 1.54) is 11.1 Å². The van der Waals surface area contributed by atoms with Crippen molar-refractivity contribution in [2.24, 2.45) is 5.10 Å². The molecule has 3 aromatic carbocycles. The van der Waals surface area contributed by atoms with Crippen molar-refractivity contribution in [1.82, 2.24) is 9.66 Å². The van der Waals surface area contributed by atoms with Gasteiger partial charge >= 0.3 is 0 Å². The van der Waals surface area contributed by atoms with E-state index >= 15 is 0 Å². The first-order valence-corrected chi connectivity index (χ1v) is 13.3. The molecule has 1 fully saturated rings. The molecule has 0 radical (unpaired) electrons. The van der Waals surface area contributed by atoms with Crippen LogP contribution in [0.25, 0.3) is 10.9 Å². The minimum Gasteiger partial charge on any atom is -0.488 e. The number of para-hydroxylation sites is 1. The molecule has 0 N–H and O–H groups in total. The summed E-state index contributed by atoms with van der Waals surface area (Å²) in [6.45, 7) is 0.642. The number of ether oxygens (including phenoxy) is 3. The molecule has 7 nitrogen and oxygen atoms in total. The molecule has 2 aliphatic rings. The van der Waals surface area contributed by atoms with Gasteiger partial charge in [-0.1, -0.05) is 37.5 Å². The first-order chi connectivity index (χ1) is 18.2. The molecule has 4 aromatic rings. The molecule has 1 aliphatic heterocycles. The normalized spacial score (nSPS) is 15.5. The second kappa shape index (κ2) is 10.4. The Morgan fingerprint density at radius 2 is 1.86 bits per heavy atom. The third kappa shape index (κ3) is 4.98. The van der Waals surface area contributed by atoms with E-state index in [0.29, 0.717) is 17.7 Å². The van der Waals surface area contributed by atoms with E-state index in [9.17, 15) is 4.79 Å². The molecule has 0 spiro atoms. The highest BCUT2D eigenvalue weighted by Gasteiger charge is 2.22. The third-order valence-electron chi connectivity index (χ3n) is 6.86. The van der Waals surface area contributed by atoms with Gasteiger partial charge in [0.05, 0.1) is 21.6 Å². The van der Waals surface area contributed by atoms with E-state index in [0.717, 1.165) is 64.1 Å². The van der Waals surface area contributed by atoms with Gasteiger partial charge in [-0.3, -0.25) is 4.79 Å². The maximum Gasteiger partial charge on any atom is 0.282 e. The molecule has 1 aliphatic carbocycles. The van der Waals surface area contributed by atoms with Crippen molar-refractivity contribution in [2.45, 2.75) is 44.6 Å². The average Bonchev–Trinajstić information content (AvgIpc) is 3.40. The zero-order chi connectivity index (χ0) is 25.2. The number of aromatic nitrogens is 2. The number of nitrogens with zero attached hydrogens (tertiary/aromatic N) is 3. The number of rotatable bonds is 6. The van der Waals surface area contributed by atoms with Crippen LogP contribution in [0.4, 0.5) is 0 Å². The SMILES string of the molecule is O=c1c2ccccc2nc(C2CCCCC2)n1N=Cc1ccc(OCc2ccc3c(c2)OCO3)c(Br)c1. The predicted octanol–water partition coefficient (Wildman–Crippen LogP) is 6.40. The van der Waals surface area contributed by atoms with Gasteiger partial charge in [0.2, 0.25) is 6.79 Å². The lowest BCUT2D eigenvalue weighted by atomic mass is 9.88. The van der Waals surface area contributed by atoms with Gasteiger partial charge < -0.3 is 14.2 Å². The fourth-order valence-electron chi connectivity index (χ4n) is 4.91. The van der Waals surface area contributed by atoms with Crippen molar-refractivity contribution in [1.29, 1.82) is 0 Å². The monoisotopic (exact) mass is 559 g/mol. The Morgan fingerprint density at radius 3 is 2.73 bits per heavy atom. The Balaban J connectivity index is 1.24. The summed E-state index contributed by atoms with van der Waals surface area (Å²) in [4.78, 5) is 18.3. The molecule has 1 saturated carbocycles. The van der Waals surface area contributed by atoms with Gasteiger partial charge in [0.25, 0.3) is 5.56 Å². The lowest BCUT2D eigenvalue weighted by molar-refractivity contribution is 0.174. The second-order valence-corrected chi connectivity index (χ2v) is 10.2. The van der Waals surface area contributed by atoms with Crippen LogP contribution < -0.4 is 19.8 Å². The van der Waals surface area contributed by atoms with Gasteiger partial charge in [0.1, 0.15) is 18.2 Å². The Morgan fingerprint density at radius 1 is 1.03 bits per heavy atom. The Hall–Kier alpha value is -3.65. The third-order valence-corrected chi connectivity index (χ3v) is 7.48. The molecule has 37 heavy (non-hydrogen) atoms. The van der Waals surface area contributed by atoms with E-state index in [4.69, 9.17) is 19.2 Å². The smallest absolute Gasteiger partial charge is 0.282 e. The van der Waals surface area contributed by atoms with Crippen LogP contribution in [0.2, 0.25) is 0 Å². The second-order valence-electron chi connectivity index (χ2n) is 9.35. The van der Waals surface area contributed by atoms with Gasteiger partial charge in [0.15, 0.2) is 11.5 Å². The van der Waals surface area contributed by atoms with Crippen LogP contribution in [0.3, 0.4) is 0 Å². The lowest BCUT2D eigenvalue weighted by Crippen LogP contribution is -2.25. The van der Waals surface area contributed by atoms with Gasteiger partial charge in [-0.25, -0.2) is 4.98 Å². The van der Waals surface area contributed by atoms with Crippen molar-refractivity contribution in [3.05, 3.63) is 92.4 Å². The van der Waals surface area contributed by atoms with Crippen LogP contribution in [0.5, 0.6) is 17.2 Å². The molecular formula is C29H26BrN3O4. The fourth-order valence-corrected chi connectivity index (χ4v) is 5.42. The molecule has 8 heteroatoms. The van der Waals surface area contributed by atoms with Crippen molar-refractivity contribution >= 4 is 33.0 Å². The van der Waals surface area contributed by atoms with E-state index < -0.39 is 0 Å². The summed E-state index contributed by atoms with van der Waals surface area (Å²) in [5.74, 6) is 3.19. The van der Waals surface area contributed by atoms with E-state index in [1.807, 2.05) is 60.7 Å². The quantitative estimate of drug-likeness (QED) is 0.255. The minimum atomic E-state index is -0.134. The molecule has 0 amide bonds. The highest BCUT2D eigenvalue weighted by Crippen LogP contribution is 2.34. The summed E-state index contributed by atoms with van der Waals surface area (Å²) >= 11 is 3.61. The molecule has 188 valence electrons. The van der Waals surface area contributed by atoms with Gasteiger partial charge in [-0.2, -0.15) is 9.78 Å². The molecule has 2 heterocycles. The van der Waals surface area contributed by atoms with Crippen molar-refractivity contribution in [2.75, 3.05) is 6.79 Å². The van der Waals surface area contributed by atoms with Crippen LogP contribution in [-0.2, 0) is 6.61 Å². The Kier molecular flexibility index (Phi) is 6.66. The van der Waals surface area contributed by atoms with Crippen LogP contribution in [-0.4, -0.2) is 22.7 Å². The molecule has 0 saturated heterocycles. The van der Waals surface area contributed by atoms with Crippen LogP contribution in [0, 0.1) is 0 Å².